The van der Waals surface area contributed by atoms with E-state index in [4.69, 9.17) is 5.11 Å². The first-order valence-corrected chi connectivity index (χ1v) is 5.43. The normalized spacial score (nSPS) is 9.62. The smallest absolute Gasteiger partial charge is 0.323 e. The number of likely N-dealkylation sites (N-methyl/N-ethyl adjacent to an activating group) is 1. The zero-order chi connectivity index (χ0) is 12.6. The Bertz CT molecular complexity index is 254. The fourth-order valence-electron chi connectivity index (χ4n) is 1.37. The van der Waals surface area contributed by atoms with Gasteiger partial charge in [-0.2, -0.15) is 0 Å². The number of carboxylic acid groups (broad SMARTS) is 1. The maximum Gasteiger partial charge on any atom is 0.323 e. The van der Waals surface area contributed by atoms with Crippen LogP contribution in [0.15, 0.2) is 12.7 Å². The van der Waals surface area contributed by atoms with E-state index in [0.29, 0.717) is 19.6 Å². The van der Waals surface area contributed by atoms with Crippen LogP contribution in [-0.4, -0.2) is 53.1 Å². The summed E-state index contributed by atoms with van der Waals surface area (Å²) >= 11 is 0. The summed E-state index contributed by atoms with van der Waals surface area (Å²) in [7, 11) is 0. The van der Waals surface area contributed by atoms with Crippen molar-refractivity contribution in [3.8, 4) is 0 Å². The molecule has 0 saturated heterocycles. The Kier molecular flexibility index (Phi) is 7.00. The van der Waals surface area contributed by atoms with Gasteiger partial charge in [0.1, 0.15) is 6.54 Å². The molecule has 0 aromatic rings. The number of nitrogens with zero attached hydrogens (tertiary/aromatic N) is 2. The molecule has 0 aromatic carbocycles. The first kappa shape index (κ1) is 14.5. The number of urea groups is 1. The summed E-state index contributed by atoms with van der Waals surface area (Å²) in [5, 5.41) is 8.71. The average molecular weight is 228 g/mol. The third-order valence-corrected chi connectivity index (χ3v) is 2.09. The van der Waals surface area contributed by atoms with E-state index >= 15 is 0 Å². The molecule has 16 heavy (non-hydrogen) atoms. The second-order valence-corrected chi connectivity index (χ2v) is 3.43. The highest BCUT2D eigenvalue weighted by molar-refractivity contribution is 5.80. The lowest BCUT2D eigenvalue weighted by molar-refractivity contribution is -0.137. The minimum absolute atomic E-state index is 0.244. The maximum atomic E-state index is 11.9. The van der Waals surface area contributed by atoms with Crippen LogP contribution in [0.2, 0.25) is 0 Å². The molecule has 0 unspecified atom stereocenters. The molecule has 92 valence electrons. The van der Waals surface area contributed by atoms with Crippen molar-refractivity contribution in [1.82, 2.24) is 9.80 Å². The van der Waals surface area contributed by atoms with Crippen LogP contribution in [0.1, 0.15) is 20.3 Å². The standard InChI is InChI=1S/C11H20N2O3/c1-4-7-12(6-3)11(16)13(8-5-2)9-10(14)15/h4H,1,5-9H2,2-3H3,(H,14,15). The van der Waals surface area contributed by atoms with Gasteiger partial charge in [-0.3, -0.25) is 4.79 Å². The van der Waals surface area contributed by atoms with Crippen molar-refractivity contribution in [2.45, 2.75) is 20.3 Å². The molecule has 0 radical (unpaired) electrons. The SMILES string of the molecule is C=CCN(CC)C(=O)N(CCC)CC(=O)O. The van der Waals surface area contributed by atoms with Gasteiger partial charge in [-0.15, -0.1) is 6.58 Å². The van der Waals surface area contributed by atoms with Gasteiger partial charge in [0.25, 0.3) is 0 Å². The van der Waals surface area contributed by atoms with Crippen molar-refractivity contribution in [2.24, 2.45) is 0 Å². The summed E-state index contributed by atoms with van der Waals surface area (Å²) in [6.45, 7) is 8.52. The second kappa shape index (κ2) is 7.73. The highest BCUT2D eigenvalue weighted by Crippen LogP contribution is 2.01. The maximum absolute atomic E-state index is 11.9. The molecular formula is C11H20N2O3. The van der Waals surface area contributed by atoms with Crippen molar-refractivity contribution >= 4 is 12.0 Å². The van der Waals surface area contributed by atoms with E-state index in [9.17, 15) is 9.59 Å². The number of aliphatic carboxylic acids is 1. The Morgan fingerprint density at radius 2 is 1.94 bits per heavy atom. The van der Waals surface area contributed by atoms with Gasteiger partial charge in [0.05, 0.1) is 0 Å². The number of rotatable bonds is 7. The average Bonchev–Trinajstić information content (AvgIpc) is 2.23. The van der Waals surface area contributed by atoms with E-state index in [1.54, 1.807) is 11.0 Å². The van der Waals surface area contributed by atoms with E-state index in [0.717, 1.165) is 6.42 Å². The van der Waals surface area contributed by atoms with Crippen LogP contribution in [0, 0.1) is 0 Å². The first-order valence-electron chi connectivity index (χ1n) is 5.43. The van der Waals surface area contributed by atoms with Crippen LogP contribution in [0.25, 0.3) is 0 Å². The topological polar surface area (TPSA) is 60.9 Å². The predicted octanol–water partition coefficient (Wildman–Crippen LogP) is 1.41. The Hall–Kier alpha value is -1.52. The Balaban J connectivity index is 4.55. The van der Waals surface area contributed by atoms with Gasteiger partial charge in [0, 0.05) is 19.6 Å². The Morgan fingerprint density at radius 1 is 1.31 bits per heavy atom. The lowest BCUT2D eigenvalue weighted by Gasteiger charge is -2.27. The van der Waals surface area contributed by atoms with Gasteiger partial charge in [0.15, 0.2) is 0 Å². The predicted molar refractivity (Wildman–Crippen MR) is 62.3 cm³/mol. The molecule has 1 N–H and O–H groups in total. The van der Waals surface area contributed by atoms with Gasteiger partial charge in [-0.25, -0.2) is 4.79 Å². The molecule has 0 aromatic heterocycles. The number of amides is 2. The molecule has 0 aliphatic heterocycles. The highest BCUT2D eigenvalue weighted by atomic mass is 16.4. The summed E-state index contributed by atoms with van der Waals surface area (Å²) in [6.07, 6.45) is 2.37. The van der Waals surface area contributed by atoms with Crippen LogP contribution in [0.3, 0.4) is 0 Å². The van der Waals surface area contributed by atoms with Crippen LogP contribution >= 0.6 is 0 Å². The molecule has 5 nitrogen and oxygen atoms in total. The van der Waals surface area contributed by atoms with E-state index < -0.39 is 5.97 Å². The fourth-order valence-corrected chi connectivity index (χ4v) is 1.37. The molecule has 0 rings (SSSR count). The van der Waals surface area contributed by atoms with Crippen molar-refractivity contribution in [2.75, 3.05) is 26.2 Å². The minimum Gasteiger partial charge on any atom is -0.480 e. The van der Waals surface area contributed by atoms with E-state index in [1.807, 2.05) is 13.8 Å². The van der Waals surface area contributed by atoms with E-state index in [1.165, 1.54) is 4.90 Å². The van der Waals surface area contributed by atoms with Crippen molar-refractivity contribution in [3.63, 3.8) is 0 Å². The lowest BCUT2D eigenvalue weighted by Crippen LogP contribution is -2.45. The number of carboxylic acids is 1. The summed E-state index contributed by atoms with van der Waals surface area (Å²) in [4.78, 5) is 25.5. The number of carbonyl (C=O) groups is 2. The molecule has 0 atom stereocenters. The first-order chi connectivity index (χ1) is 7.56. The largest absolute Gasteiger partial charge is 0.480 e. The molecule has 0 fully saturated rings. The third-order valence-electron chi connectivity index (χ3n) is 2.09. The lowest BCUT2D eigenvalue weighted by atomic mass is 10.4. The summed E-state index contributed by atoms with van der Waals surface area (Å²) in [5.74, 6) is -0.989. The molecule has 0 aliphatic rings. The highest BCUT2D eigenvalue weighted by Gasteiger charge is 2.20. The van der Waals surface area contributed by atoms with Crippen molar-refractivity contribution in [3.05, 3.63) is 12.7 Å². The molecular weight excluding hydrogens is 208 g/mol. The zero-order valence-corrected chi connectivity index (χ0v) is 9.98. The fraction of sp³-hybridized carbons (Fsp3) is 0.636. The van der Waals surface area contributed by atoms with Crippen molar-refractivity contribution < 1.29 is 14.7 Å². The molecule has 0 bridgehead atoms. The summed E-state index contributed by atoms with van der Waals surface area (Å²) in [5.41, 5.74) is 0. The van der Waals surface area contributed by atoms with Crippen LogP contribution in [0.5, 0.6) is 0 Å². The Morgan fingerprint density at radius 3 is 2.31 bits per heavy atom. The van der Waals surface area contributed by atoms with Crippen LogP contribution in [-0.2, 0) is 4.79 Å². The van der Waals surface area contributed by atoms with Crippen LogP contribution in [0.4, 0.5) is 4.79 Å². The van der Waals surface area contributed by atoms with Gasteiger partial charge in [0.2, 0.25) is 0 Å². The molecule has 2 amide bonds. The summed E-state index contributed by atoms with van der Waals surface area (Å²) < 4.78 is 0. The Labute approximate surface area is 96.3 Å². The molecule has 0 spiro atoms. The molecule has 5 heteroatoms. The number of carbonyl (C=O) groups excluding carboxylic acids is 1. The molecule has 0 aliphatic carbocycles. The van der Waals surface area contributed by atoms with Gasteiger partial charge in [-0.05, 0) is 13.3 Å². The molecule has 0 saturated carbocycles. The van der Waals surface area contributed by atoms with Gasteiger partial charge >= 0.3 is 12.0 Å². The monoisotopic (exact) mass is 228 g/mol. The molecule has 0 heterocycles. The quantitative estimate of drug-likeness (QED) is 0.670. The van der Waals surface area contributed by atoms with E-state index in [2.05, 4.69) is 6.58 Å². The van der Waals surface area contributed by atoms with Gasteiger partial charge < -0.3 is 14.9 Å². The third kappa shape index (κ3) is 4.82. The second-order valence-electron chi connectivity index (χ2n) is 3.43. The van der Waals surface area contributed by atoms with E-state index in [-0.39, 0.29) is 12.6 Å². The summed E-state index contributed by atoms with van der Waals surface area (Å²) in [6, 6.07) is -0.244. The number of hydrogen-bond donors (Lipinski definition) is 1. The minimum atomic E-state index is -0.989. The van der Waals surface area contributed by atoms with Crippen LogP contribution < -0.4 is 0 Å². The number of hydrogen-bond acceptors (Lipinski definition) is 2. The van der Waals surface area contributed by atoms with Gasteiger partial charge in [-0.1, -0.05) is 13.0 Å². The zero-order valence-electron chi connectivity index (χ0n) is 9.98. The van der Waals surface area contributed by atoms with Crippen molar-refractivity contribution in [1.29, 1.82) is 0 Å².